The van der Waals surface area contributed by atoms with Crippen LogP contribution in [0.2, 0.25) is 5.02 Å². The molecular weight excluding hydrogens is 478 g/mol. The van der Waals surface area contributed by atoms with Gasteiger partial charge in [0.1, 0.15) is 5.69 Å². The van der Waals surface area contributed by atoms with Gasteiger partial charge in [-0.2, -0.15) is 0 Å². The van der Waals surface area contributed by atoms with Crippen molar-refractivity contribution < 1.29 is 9.53 Å². The molecule has 0 aliphatic carbocycles. The Morgan fingerprint density at radius 3 is 2.83 bits per heavy atom. The summed E-state index contributed by atoms with van der Waals surface area (Å²) >= 11 is 6.93. The number of ether oxygens (including phenoxy) is 1. The molecule has 3 aromatic rings. The molecule has 2 aromatic heterocycles. The fourth-order valence-electron chi connectivity index (χ4n) is 5.12. The molecule has 1 saturated heterocycles. The lowest BCUT2D eigenvalue weighted by atomic mass is 9.85. The first-order valence-electron chi connectivity index (χ1n) is 12.2. The van der Waals surface area contributed by atoms with Crippen molar-refractivity contribution in [2.75, 3.05) is 6.61 Å². The maximum Gasteiger partial charge on any atom is 0.232 e. The average Bonchev–Trinajstić information content (AvgIpc) is 3.34. The van der Waals surface area contributed by atoms with E-state index in [1.165, 1.54) is 0 Å². The van der Waals surface area contributed by atoms with Gasteiger partial charge in [0.2, 0.25) is 5.91 Å². The fraction of sp³-hybridized carbons (Fsp3) is 0.423. The van der Waals surface area contributed by atoms with Crippen molar-refractivity contribution in [3.63, 3.8) is 0 Å². The lowest BCUT2D eigenvalue weighted by Crippen LogP contribution is -2.56. The molecule has 1 amide bonds. The highest BCUT2D eigenvalue weighted by molar-refractivity contribution is 6.34. The molecule has 2 aliphatic heterocycles. The quantitative estimate of drug-likeness (QED) is 0.560. The number of pyridine rings is 1. The molecule has 188 valence electrons. The molecule has 2 aliphatic rings. The second-order valence-electron chi connectivity index (χ2n) is 9.76. The minimum Gasteiger partial charge on any atom is -0.378 e. The van der Waals surface area contributed by atoms with E-state index in [-0.39, 0.29) is 36.5 Å². The molecule has 0 radical (unpaired) electrons. The van der Waals surface area contributed by atoms with Gasteiger partial charge in [-0.25, -0.2) is 9.67 Å². The highest BCUT2D eigenvalue weighted by Crippen LogP contribution is 2.41. The molecule has 10 heteroatoms. The number of carbonyl (C=O) groups excluding carboxylic acids is 1. The van der Waals surface area contributed by atoms with E-state index < -0.39 is 5.54 Å². The number of hydrogen-bond acceptors (Lipinski definition) is 7. The summed E-state index contributed by atoms with van der Waals surface area (Å²) in [4.78, 5) is 24.0. The smallest absolute Gasteiger partial charge is 0.232 e. The minimum absolute atomic E-state index is 0.00630. The molecule has 1 fully saturated rings. The monoisotopic (exact) mass is 507 g/mol. The van der Waals surface area contributed by atoms with Crippen LogP contribution in [0.3, 0.4) is 0 Å². The number of hydrogen-bond donors (Lipinski definition) is 1. The third-order valence-electron chi connectivity index (χ3n) is 7.12. The largest absolute Gasteiger partial charge is 0.378 e. The summed E-state index contributed by atoms with van der Waals surface area (Å²) in [7, 11) is 0. The summed E-state index contributed by atoms with van der Waals surface area (Å²) in [6.45, 7) is 6.55. The number of nitrogens with zero attached hydrogens (tertiary/aromatic N) is 6. The van der Waals surface area contributed by atoms with Gasteiger partial charge in [0, 0.05) is 30.6 Å². The third-order valence-corrected chi connectivity index (χ3v) is 7.53. The van der Waals surface area contributed by atoms with Gasteiger partial charge in [0.15, 0.2) is 5.96 Å². The first-order valence-corrected chi connectivity index (χ1v) is 12.5. The Hall–Kier alpha value is -3.30. The zero-order chi connectivity index (χ0) is 25.4. The van der Waals surface area contributed by atoms with Gasteiger partial charge in [-0.15, -0.1) is 5.10 Å². The Morgan fingerprint density at radius 2 is 2.11 bits per heavy atom. The van der Waals surface area contributed by atoms with Gasteiger partial charge in [0.25, 0.3) is 0 Å². The number of aromatic nitrogens is 4. The van der Waals surface area contributed by atoms with Crippen LogP contribution >= 0.6 is 11.6 Å². The van der Waals surface area contributed by atoms with Crippen molar-refractivity contribution >= 4 is 23.5 Å². The average molecular weight is 508 g/mol. The molecule has 4 heterocycles. The van der Waals surface area contributed by atoms with Crippen LogP contribution in [-0.4, -0.2) is 55.5 Å². The Balaban J connectivity index is 1.45. The summed E-state index contributed by atoms with van der Waals surface area (Å²) in [6, 6.07) is 9.53. The summed E-state index contributed by atoms with van der Waals surface area (Å²) in [5, 5.41) is 9.18. The first kappa shape index (κ1) is 24.4. The maximum absolute atomic E-state index is 13.3. The van der Waals surface area contributed by atoms with Crippen LogP contribution in [0.1, 0.15) is 57.2 Å². The molecule has 4 atom stereocenters. The van der Waals surface area contributed by atoms with E-state index in [0.717, 1.165) is 29.5 Å². The highest BCUT2D eigenvalue weighted by atomic mass is 35.5. The predicted octanol–water partition coefficient (Wildman–Crippen LogP) is 3.93. The van der Waals surface area contributed by atoms with Crippen LogP contribution in [0.4, 0.5) is 0 Å². The zero-order valence-corrected chi connectivity index (χ0v) is 21.4. The molecule has 0 unspecified atom stereocenters. The molecule has 36 heavy (non-hydrogen) atoms. The number of rotatable bonds is 5. The second kappa shape index (κ2) is 9.63. The zero-order valence-electron chi connectivity index (χ0n) is 20.6. The number of nitrogens with two attached hydrogens (primary N) is 1. The number of carbonyl (C=O) groups is 1. The van der Waals surface area contributed by atoms with Gasteiger partial charge >= 0.3 is 0 Å². The van der Waals surface area contributed by atoms with Crippen LogP contribution in [0.25, 0.3) is 11.3 Å². The number of halogens is 1. The molecule has 9 nitrogen and oxygen atoms in total. The third kappa shape index (κ3) is 4.49. The fourth-order valence-corrected chi connectivity index (χ4v) is 5.55. The topological polar surface area (TPSA) is 112 Å². The molecule has 0 spiro atoms. The number of guanidine groups is 1. The van der Waals surface area contributed by atoms with Crippen molar-refractivity contribution in [2.45, 2.75) is 63.8 Å². The van der Waals surface area contributed by atoms with Gasteiger partial charge < -0.3 is 10.5 Å². The maximum atomic E-state index is 13.3. The van der Waals surface area contributed by atoms with E-state index in [4.69, 9.17) is 27.1 Å². The van der Waals surface area contributed by atoms with E-state index in [9.17, 15) is 4.79 Å². The van der Waals surface area contributed by atoms with E-state index in [1.54, 1.807) is 15.8 Å². The second-order valence-corrected chi connectivity index (χ2v) is 10.1. The van der Waals surface area contributed by atoms with Gasteiger partial charge in [-0.05, 0) is 50.8 Å². The summed E-state index contributed by atoms with van der Waals surface area (Å²) < 4.78 is 7.42. The van der Waals surface area contributed by atoms with Gasteiger partial charge in [0.05, 0.1) is 35.3 Å². The van der Waals surface area contributed by atoms with E-state index in [1.807, 2.05) is 63.5 Å². The van der Waals surface area contributed by atoms with Crippen molar-refractivity contribution in [3.05, 3.63) is 65.1 Å². The van der Waals surface area contributed by atoms with Crippen molar-refractivity contribution in [3.8, 4) is 11.3 Å². The molecular formula is C26H30ClN7O2. The Kier molecular flexibility index (Phi) is 6.53. The summed E-state index contributed by atoms with van der Waals surface area (Å²) in [5.41, 5.74) is 8.62. The van der Waals surface area contributed by atoms with E-state index >= 15 is 0 Å². The SMILES string of the molecule is C[C@H]1C[C@@H](N2C(=O)C[C@@](C)(c3cccc(-c4cn([C@@H](C)c5cccnc5)nn4)c3Cl)N=C2N)CCO1. The molecule has 0 bridgehead atoms. The van der Waals surface area contributed by atoms with Crippen LogP contribution in [-0.2, 0) is 15.1 Å². The minimum atomic E-state index is -0.888. The van der Waals surface area contributed by atoms with Crippen molar-refractivity contribution in [1.29, 1.82) is 0 Å². The summed E-state index contributed by atoms with van der Waals surface area (Å²) in [6.07, 6.45) is 7.15. The Morgan fingerprint density at radius 1 is 1.28 bits per heavy atom. The van der Waals surface area contributed by atoms with Crippen LogP contribution in [0.5, 0.6) is 0 Å². The Bertz CT molecular complexity index is 1290. The van der Waals surface area contributed by atoms with Crippen LogP contribution in [0, 0.1) is 0 Å². The van der Waals surface area contributed by atoms with Crippen LogP contribution in [0.15, 0.2) is 53.9 Å². The molecule has 0 saturated carbocycles. The molecule has 1 aromatic carbocycles. The number of benzene rings is 1. The standard InChI is InChI=1S/C26H30ClN7O2/c1-16-12-19(9-11-36-16)34-23(35)13-26(3,30-25(34)28)21-8-4-7-20(24(21)27)22-15-33(32-31-22)17(2)18-6-5-10-29-14-18/h4-8,10,14-17,19H,9,11-13H2,1-3H3,(H2,28,30)/t16-,17-,19-,26-/m0/s1. The lowest BCUT2D eigenvalue weighted by molar-refractivity contribution is -0.133. The van der Waals surface area contributed by atoms with E-state index in [2.05, 4.69) is 15.3 Å². The van der Waals surface area contributed by atoms with Crippen molar-refractivity contribution in [2.24, 2.45) is 10.7 Å². The molecule has 2 N–H and O–H groups in total. The number of aliphatic imine (C=N–C) groups is 1. The van der Waals surface area contributed by atoms with Crippen molar-refractivity contribution in [1.82, 2.24) is 24.9 Å². The Labute approximate surface area is 215 Å². The predicted molar refractivity (Wildman–Crippen MR) is 137 cm³/mol. The highest BCUT2D eigenvalue weighted by Gasteiger charge is 2.42. The van der Waals surface area contributed by atoms with Crippen LogP contribution < -0.4 is 5.73 Å². The molecule has 5 rings (SSSR count). The van der Waals surface area contributed by atoms with Gasteiger partial charge in [-0.3, -0.25) is 14.7 Å². The normalized spacial score (nSPS) is 25.5. The number of amides is 1. The van der Waals surface area contributed by atoms with E-state index in [0.29, 0.717) is 17.3 Å². The lowest BCUT2D eigenvalue weighted by Gasteiger charge is -2.41. The first-order chi connectivity index (χ1) is 17.3. The summed E-state index contributed by atoms with van der Waals surface area (Å²) in [5.74, 6) is 0.173. The van der Waals surface area contributed by atoms with Gasteiger partial charge in [-0.1, -0.05) is 41.1 Å².